The third-order valence-corrected chi connectivity index (χ3v) is 3.94. The van der Waals surface area contributed by atoms with Crippen LogP contribution in [0.5, 0.6) is 11.5 Å². The molecule has 4 nitrogen and oxygen atoms in total. The molecule has 1 heterocycles. The average Bonchev–Trinajstić information content (AvgIpc) is 2.81. The fourth-order valence-corrected chi connectivity index (χ4v) is 2.86. The van der Waals surface area contributed by atoms with E-state index in [4.69, 9.17) is 9.47 Å². The molecular weight excluding hydrogens is 230 g/mol. The number of aliphatic imine (C=N–C) groups is 1. The molecule has 0 N–H and O–H groups in total. The van der Waals surface area contributed by atoms with Gasteiger partial charge in [-0.1, -0.05) is 13.0 Å². The lowest BCUT2D eigenvalue weighted by Gasteiger charge is -2.38. The van der Waals surface area contributed by atoms with Crippen molar-refractivity contribution in [3.05, 3.63) is 23.3 Å². The van der Waals surface area contributed by atoms with E-state index in [1.165, 1.54) is 0 Å². The van der Waals surface area contributed by atoms with Crippen molar-refractivity contribution >= 4 is 6.08 Å². The summed E-state index contributed by atoms with van der Waals surface area (Å²) in [5.41, 5.74) is 1.85. The van der Waals surface area contributed by atoms with Crippen molar-refractivity contribution in [2.45, 2.75) is 38.1 Å². The van der Waals surface area contributed by atoms with Crippen molar-refractivity contribution in [1.82, 2.24) is 0 Å². The quantitative estimate of drug-likeness (QED) is 0.607. The van der Waals surface area contributed by atoms with Crippen LogP contribution in [0.2, 0.25) is 0 Å². The third kappa shape index (κ3) is 1.46. The summed E-state index contributed by atoms with van der Waals surface area (Å²) < 4.78 is 10.9. The van der Waals surface area contributed by atoms with E-state index >= 15 is 0 Å². The molecule has 4 heteroatoms. The van der Waals surface area contributed by atoms with Gasteiger partial charge in [-0.2, -0.15) is 4.99 Å². The van der Waals surface area contributed by atoms with E-state index < -0.39 is 0 Å². The van der Waals surface area contributed by atoms with Gasteiger partial charge in [0, 0.05) is 5.56 Å². The Balaban J connectivity index is 2.15. The zero-order valence-corrected chi connectivity index (χ0v) is 10.4. The number of benzene rings is 1. The molecule has 94 valence electrons. The molecule has 18 heavy (non-hydrogen) atoms. The molecule has 0 radical (unpaired) electrons. The van der Waals surface area contributed by atoms with Gasteiger partial charge in [0.05, 0.1) is 5.54 Å². The second kappa shape index (κ2) is 4.14. The Hall–Kier alpha value is -1.80. The van der Waals surface area contributed by atoms with Crippen molar-refractivity contribution in [2.24, 2.45) is 4.99 Å². The lowest BCUT2D eigenvalue weighted by atomic mass is 9.70. The molecule has 0 saturated heterocycles. The first-order valence-corrected chi connectivity index (χ1v) is 6.32. The van der Waals surface area contributed by atoms with Gasteiger partial charge < -0.3 is 9.47 Å². The van der Waals surface area contributed by atoms with Gasteiger partial charge in [0.2, 0.25) is 12.9 Å². The van der Waals surface area contributed by atoms with Crippen LogP contribution >= 0.6 is 0 Å². The Kier molecular flexibility index (Phi) is 2.60. The third-order valence-electron chi connectivity index (χ3n) is 3.94. The molecule has 0 spiro atoms. The van der Waals surface area contributed by atoms with E-state index in [0.717, 1.165) is 48.3 Å². The number of ether oxygens (including phenoxy) is 2. The first kappa shape index (κ1) is 11.3. The molecule has 1 aromatic rings. The van der Waals surface area contributed by atoms with Gasteiger partial charge in [-0.15, -0.1) is 0 Å². The summed E-state index contributed by atoms with van der Waals surface area (Å²) in [6.07, 6.45) is 5.50. The first-order valence-electron chi connectivity index (χ1n) is 6.32. The number of isocyanates is 1. The minimum atomic E-state index is -0.367. The minimum Gasteiger partial charge on any atom is -0.454 e. The van der Waals surface area contributed by atoms with Crippen LogP contribution in [0.1, 0.15) is 37.3 Å². The van der Waals surface area contributed by atoms with Gasteiger partial charge in [-0.25, -0.2) is 4.79 Å². The summed E-state index contributed by atoms with van der Waals surface area (Å²) in [5, 5.41) is 0. The fraction of sp³-hybridized carbons (Fsp3) is 0.500. The Morgan fingerprint density at radius 2 is 2.22 bits per heavy atom. The molecule has 3 rings (SSSR count). The van der Waals surface area contributed by atoms with Gasteiger partial charge in [0.25, 0.3) is 0 Å². The van der Waals surface area contributed by atoms with Crippen molar-refractivity contribution in [2.75, 3.05) is 6.79 Å². The molecule has 0 aromatic heterocycles. The normalized spacial score (nSPS) is 18.9. The summed E-state index contributed by atoms with van der Waals surface area (Å²) in [5.74, 6) is 1.61. The van der Waals surface area contributed by atoms with Crippen LogP contribution in [0.3, 0.4) is 0 Å². The lowest BCUT2D eigenvalue weighted by Crippen LogP contribution is -2.33. The van der Waals surface area contributed by atoms with E-state index in [0.29, 0.717) is 0 Å². The van der Waals surface area contributed by atoms with Crippen LogP contribution in [0.15, 0.2) is 17.1 Å². The summed E-state index contributed by atoms with van der Waals surface area (Å²) in [6, 6.07) is 3.93. The molecule has 0 atom stereocenters. The average molecular weight is 245 g/mol. The smallest absolute Gasteiger partial charge is 0.235 e. The standard InChI is InChI=1S/C14H15NO3/c1-2-10-11(14(15-8-16)6-3-7-14)4-5-12-13(10)18-9-17-12/h4-5H,2-3,6-7,9H2,1H3. The van der Waals surface area contributed by atoms with E-state index in [1.54, 1.807) is 6.08 Å². The van der Waals surface area contributed by atoms with Crippen LogP contribution in [0.4, 0.5) is 0 Å². The molecule has 1 aliphatic carbocycles. The highest BCUT2D eigenvalue weighted by molar-refractivity contribution is 5.55. The maximum Gasteiger partial charge on any atom is 0.235 e. The zero-order chi connectivity index (χ0) is 12.6. The largest absolute Gasteiger partial charge is 0.454 e. The molecule has 2 aliphatic rings. The molecule has 0 bridgehead atoms. The van der Waals surface area contributed by atoms with Crippen molar-refractivity contribution < 1.29 is 14.3 Å². The van der Waals surface area contributed by atoms with Crippen molar-refractivity contribution in [1.29, 1.82) is 0 Å². The number of hydrogen-bond acceptors (Lipinski definition) is 4. The topological polar surface area (TPSA) is 47.9 Å². The van der Waals surface area contributed by atoms with Crippen LogP contribution in [0, 0.1) is 0 Å². The van der Waals surface area contributed by atoms with Gasteiger partial charge in [-0.05, 0) is 37.3 Å². The highest BCUT2D eigenvalue weighted by atomic mass is 16.7. The second-order valence-electron chi connectivity index (χ2n) is 4.77. The molecule has 1 fully saturated rings. The van der Waals surface area contributed by atoms with E-state index in [1.807, 2.05) is 12.1 Å². The minimum absolute atomic E-state index is 0.274. The Morgan fingerprint density at radius 1 is 1.39 bits per heavy atom. The van der Waals surface area contributed by atoms with Gasteiger partial charge in [0.15, 0.2) is 11.5 Å². The Labute approximate surface area is 106 Å². The zero-order valence-electron chi connectivity index (χ0n) is 10.4. The van der Waals surface area contributed by atoms with Gasteiger partial charge >= 0.3 is 0 Å². The van der Waals surface area contributed by atoms with Gasteiger partial charge in [0.1, 0.15) is 0 Å². The van der Waals surface area contributed by atoms with Crippen molar-refractivity contribution in [3.8, 4) is 11.5 Å². The summed E-state index contributed by atoms with van der Waals surface area (Å²) >= 11 is 0. The van der Waals surface area contributed by atoms with Crippen LogP contribution in [-0.4, -0.2) is 12.9 Å². The molecule has 0 unspecified atom stereocenters. The number of rotatable bonds is 3. The highest BCUT2D eigenvalue weighted by Crippen LogP contribution is 2.50. The second-order valence-corrected chi connectivity index (χ2v) is 4.77. The molecular formula is C14H15NO3. The van der Waals surface area contributed by atoms with E-state index in [2.05, 4.69) is 11.9 Å². The molecule has 1 aromatic carbocycles. The fourth-order valence-electron chi connectivity index (χ4n) is 2.86. The number of hydrogen-bond donors (Lipinski definition) is 0. The molecule has 1 aliphatic heterocycles. The molecule has 1 saturated carbocycles. The van der Waals surface area contributed by atoms with Gasteiger partial charge in [-0.3, -0.25) is 0 Å². The highest BCUT2D eigenvalue weighted by Gasteiger charge is 2.41. The Morgan fingerprint density at radius 3 is 2.83 bits per heavy atom. The predicted octanol–water partition coefficient (Wildman–Crippen LogP) is 2.69. The van der Waals surface area contributed by atoms with E-state index in [9.17, 15) is 4.79 Å². The monoisotopic (exact) mass is 245 g/mol. The maximum atomic E-state index is 10.7. The number of nitrogens with zero attached hydrogens (tertiary/aromatic N) is 1. The Bertz CT molecular complexity index is 528. The van der Waals surface area contributed by atoms with Crippen molar-refractivity contribution in [3.63, 3.8) is 0 Å². The molecule has 0 amide bonds. The number of carbonyl (C=O) groups excluding carboxylic acids is 1. The number of fused-ring (bicyclic) bond motifs is 1. The summed E-state index contributed by atoms with van der Waals surface area (Å²) in [7, 11) is 0. The lowest BCUT2D eigenvalue weighted by molar-refractivity contribution is 0.173. The maximum absolute atomic E-state index is 10.7. The van der Waals surface area contributed by atoms with Crippen LogP contribution in [-0.2, 0) is 16.8 Å². The first-order chi connectivity index (χ1) is 8.80. The van der Waals surface area contributed by atoms with Crippen LogP contribution in [0.25, 0.3) is 0 Å². The van der Waals surface area contributed by atoms with E-state index in [-0.39, 0.29) is 12.3 Å². The predicted molar refractivity (Wildman–Crippen MR) is 65.6 cm³/mol. The summed E-state index contributed by atoms with van der Waals surface area (Å²) in [4.78, 5) is 14.7. The van der Waals surface area contributed by atoms with Crippen LogP contribution < -0.4 is 9.47 Å². The summed E-state index contributed by atoms with van der Waals surface area (Å²) in [6.45, 7) is 2.35. The SMILES string of the molecule is CCc1c(C2(N=C=O)CCC2)ccc2c1OCO2.